The summed E-state index contributed by atoms with van der Waals surface area (Å²) in [5.74, 6) is -0.678. The summed E-state index contributed by atoms with van der Waals surface area (Å²) in [7, 11) is 3.42. The van der Waals surface area contributed by atoms with Crippen molar-refractivity contribution in [2.45, 2.75) is 33.8 Å². The molecule has 2 aromatic rings. The number of Topliss-reactive ketones (excluding diaryl/α,β-unsaturated/α-hetero) is 2. The van der Waals surface area contributed by atoms with Crippen molar-refractivity contribution in [3.05, 3.63) is 82.1 Å². The third-order valence-electron chi connectivity index (χ3n) is 6.67. The van der Waals surface area contributed by atoms with Crippen molar-refractivity contribution in [1.29, 1.82) is 0 Å². The Hall–Kier alpha value is -3.62. The molecule has 3 rings (SSSR count). The summed E-state index contributed by atoms with van der Waals surface area (Å²) < 4.78 is 11.4. The molecule has 0 fully saturated rings. The van der Waals surface area contributed by atoms with Gasteiger partial charge in [0.05, 0.1) is 29.2 Å². The van der Waals surface area contributed by atoms with E-state index in [1.165, 1.54) is 0 Å². The van der Waals surface area contributed by atoms with Crippen molar-refractivity contribution < 1.29 is 23.9 Å². The molecule has 0 aliphatic heterocycles. The maximum atomic E-state index is 13.1. The summed E-state index contributed by atoms with van der Waals surface area (Å²) in [6.45, 7) is 7.12. The lowest BCUT2D eigenvalue weighted by atomic mass is 9.88. The Morgan fingerprint density at radius 1 is 0.950 bits per heavy atom. The van der Waals surface area contributed by atoms with E-state index >= 15 is 0 Å². The van der Waals surface area contributed by atoms with E-state index in [1.807, 2.05) is 36.4 Å². The largest absolute Gasteiger partial charge is 0.457 e. The number of nitrogens with one attached hydrogen (secondary N) is 1. The molecule has 214 valence electrons. The number of alkyl halides is 1. The highest BCUT2D eigenvalue weighted by atomic mass is 35.5. The third-order valence-corrected chi connectivity index (χ3v) is 6.84. The highest BCUT2D eigenvalue weighted by molar-refractivity contribution is 6.24. The van der Waals surface area contributed by atoms with Crippen LogP contribution >= 0.6 is 11.6 Å². The molecule has 40 heavy (non-hydrogen) atoms. The number of nitrogens with zero attached hydrogens (tertiary/aromatic N) is 2. The molecule has 9 heteroatoms. The molecule has 0 saturated carbocycles. The van der Waals surface area contributed by atoms with Crippen LogP contribution in [0.25, 0.3) is 0 Å². The second-order valence-corrected chi connectivity index (χ2v) is 10.1. The molecule has 8 nitrogen and oxygen atoms in total. The quantitative estimate of drug-likeness (QED) is 0.110. The number of rotatable bonds is 14. The van der Waals surface area contributed by atoms with Crippen molar-refractivity contribution in [3.63, 3.8) is 0 Å². The molecular weight excluding hydrogens is 530 g/mol. The van der Waals surface area contributed by atoms with Gasteiger partial charge in [0.1, 0.15) is 13.3 Å². The normalized spacial score (nSPS) is 13.6. The average Bonchev–Trinajstić information content (AvgIpc) is 2.94. The van der Waals surface area contributed by atoms with Gasteiger partial charge in [0, 0.05) is 49.8 Å². The monoisotopic (exact) mass is 567 g/mol. The maximum Gasteiger partial charge on any atom is 0.338 e. The van der Waals surface area contributed by atoms with Crippen LogP contribution in [0.5, 0.6) is 0 Å². The van der Waals surface area contributed by atoms with Gasteiger partial charge < -0.3 is 24.6 Å². The van der Waals surface area contributed by atoms with E-state index in [9.17, 15) is 14.4 Å². The smallest absolute Gasteiger partial charge is 0.338 e. The SMILES string of the molecule is CCCN(CCCl)c1ccc(C(=O)OCC2=C(C)C(=O)C(C)=C(N(C)C)C2=O)cc1NCOCc1ccccc1. The fraction of sp³-hybridized carbons (Fsp3) is 0.387. The average molecular weight is 568 g/mol. The predicted molar refractivity (Wildman–Crippen MR) is 159 cm³/mol. The standard InChI is InChI=1S/C31H38ClN3O5/c1-6-15-35(16-14-32)27-13-12-24(17-26(27)33-20-39-18-23-10-8-7-9-11-23)31(38)40-19-25-21(2)29(36)22(3)28(30(25)37)34(4)5/h7-13,17,33H,6,14-16,18-20H2,1-5H3. The molecule has 0 unspecified atom stereocenters. The van der Waals surface area contributed by atoms with Gasteiger partial charge in [0.25, 0.3) is 0 Å². The number of ether oxygens (including phenoxy) is 2. The number of allylic oxidation sites excluding steroid dienone is 3. The molecule has 0 aromatic heterocycles. The molecule has 0 heterocycles. The summed E-state index contributed by atoms with van der Waals surface area (Å²) in [6, 6.07) is 15.1. The van der Waals surface area contributed by atoms with Crippen LogP contribution in [-0.2, 0) is 25.7 Å². The molecule has 2 aromatic carbocycles. The van der Waals surface area contributed by atoms with Gasteiger partial charge in [-0.1, -0.05) is 37.3 Å². The number of hydrogen-bond acceptors (Lipinski definition) is 8. The minimum absolute atomic E-state index is 0.188. The fourth-order valence-corrected chi connectivity index (χ4v) is 4.82. The minimum Gasteiger partial charge on any atom is -0.457 e. The molecule has 1 N–H and O–H groups in total. The zero-order valence-corrected chi connectivity index (χ0v) is 24.6. The van der Waals surface area contributed by atoms with Gasteiger partial charge in [0.15, 0.2) is 5.78 Å². The minimum atomic E-state index is -0.600. The first kappa shape index (κ1) is 30.9. The Morgan fingerprint density at radius 3 is 2.33 bits per heavy atom. The third kappa shape index (κ3) is 7.52. The van der Waals surface area contributed by atoms with Crippen molar-refractivity contribution >= 4 is 40.5 Å². The van der Waals surface area contributed by atoms with Gasteiger partial charge >= 0.3 is 5.97 Å². The van der Waals surface area contributed by atoms with Gasteiger partial charge in [-0.25, -0.2) is 4.79 Å². The molecule has 0 saturated heterocycles. The van der Waals surface area contributed by atoms with E-state index in [1.54, 1.807) is 45.0 Å². The Morgan fingerprint density at radius 2 is 1.68 bits per heavy atom. The lowest BCUT2D eigenvalue weighted by Gasteiger charge is -2.27. The molecule has 0 radical (unpaired) electrons. The van der Waals surface area contributed by atoms with Crippen LogP contribution in [0.3, 0.4) is 0 Å². The van der Waals surface area contributed by atoms with Crippen LogP contribution in [-0.4, -0.2) is 68.8 Å². The molecule has 0 spiro atoms. The number of carbonyl (C=O) groups excluding carboxylic acids is 3. The maximum absolute atomic E-state index is 13.1. The first-order valence-electron chi connectivity index (χ1n) is 13.3. The molecule has 1 aliphatic rings. The summed E-state index contributed by atoms with van der Waals surface area (Å²) in [5, 5.41) is 3.29. The van der Waals surface area contributed by atoms with Gasteiger partial charge in [-0.3, -0.25) is 9.59 Å². The summed E-state index contributed by atoms with van der Waals surface area (Å²) in [5.41, 5.74) is 4.14. The molecular formula is C31H38ClN3O5. The molecule has 0 atom stereocenters. The summed E-state index contributed by atoms with van der Waals surface area (Å²) in [4.78, 5) is 42.7. The number of hydrogen-bond donors (Lipinski definition) is 1. The lowest BCUT2D eigenvalue weighted by molar-refractivity contribution is -0.117. The van der Waals surface area contributed by atoms with Gasteiger partial charge in [-0.05, 0) is 44.0 Å². The number of esters is 1. The van der Waals surface area contributed by atoms with Crippen molar-refractivity contribution in [2.75, 3.05) is 56.6 Å². The van der Waals surface area contributed by atoms with Gasteiger partial charge in [-0.2, -0.15) is 0 Å². The van der Waals surface area contributed by atoms with E-state index in [0.29, 0.717) is 47.1 Å². The Labute approximate surface area is 241 Å². The molecule has 0 bridgehead atoms. The van der Waals surface area contributed by atoms with E-state index in [4.69, 9.17) is 21.1 Å². The van der Waals surface area contributed by atoms with Gasteiger partial charge in [0.2, 0.25) is 5.78 Å². The summed E-state index contributed by atoms with van der Waals surface area (Å²) in [6.07, 6.45) is 0.925. The number of halogens is 1. The Bertz CT molecular complexity index is 1280. The van der Waals surface area contributed by atoms with E-state index in [2.05, 4.69) is 17.1 Å². The van der Waals surface area contributed by atoms with Gasteiger partial charge in [-0.15, -0.1) is 11.6 Å². The highest BCUT2D eigenvalue weighted by Crippen LogP contribution is 2.29. The predicted octanol–water partition coefficient (Wildman–Crippen LogP) is 5.19. The van der Waals surface area contributed by atoms with Crippen molar-refractivity contribution in [1.82, 2.24) is 4.90 Å². The van der Waals surface area contributed by atoms with E-state index in [-0.39, 0.29) is 30.5 Å². The number of anilines is 2. The Balaban J connectivity index is 1.78. The van der Waals surface area contributed by atoms with Crippen molar-refractivity contribution in [3.8, 4) is 0 Å². The fourth-order valence-electron chi connectivity index (χ4n) is 4.62. The lowest BCUT2D eigenvalue weighted by Crippen LogP contribution is -2.31. The van der Waals surface area contributed by atoms with Crippen LogP contribution in [0.15, 0.2) is 70.9 Å². The number of ketones is 2. The van der Waals surface area contributed by atoms with Crippen LogP contribution in [0.1, 0.15) is 43.1 Å². The number of likely N-dealkylation sites (N-methyl/N-ethyl adjacent to an activating group) is 1. The van der Waals surface area contributed by atoms with E-state index in [0.717, 1.165) is 24.2 Å². The van der Waals surface area contributed by atoms with Crippen LogP contribution in [0.2, 0.25) is 0 Å². The van der Waals surface area contributed by atoms with Crippen LogP contribution in [0.4, 0.5) is 11.4 Å². The van der Waals surface area contributed by atoms with Crippen LogP contribution in [0, 0.1) is 0 Å². The van der Waals surface area contributed by atoms with Crippen LogP contribution < -0.4 is 10.2 Å². The number of benzene rings is 2. The second kappa shape index (κ2) is 14.7. The highest BCUT2D eigenvalue weighted by Gasteiger charge is 2.32. The second-order valence-electron chi connectivity index (χ2n) is 9.77. The first-order chi connectivity index (χ1) is 19.2. The summed E-state index contributed by atoms with van der Waals surface area (Å²) >= 11 is 6.08. The zero-order valence-electron chi connectivity index (χ0n) is 23.9. The Kier molecular flexibility index (Phi) is 11.3. The van der Waals surface area contributed by atoms with E-state index < -0.39 is 5.97 Å². The van der Waals surface area contributed by atoms with Crippen molar-refractivity contribution in [2.24, 2.45) is 0 Å². The zero-order chi connectivity index (χ0) is 29.2. The number of carbonyl (C=O) groups is 3. The topological polar surface area (TPSA) is 88.2 Å². The molecule has 1 aliphatic carbocycles. The first-order valence-corrected chi connectivity index (χ1v) is 13.9. The molecule has 0 amide bonds.